The molecule has 2 aromatic carbocycles. The molecule has 0 saturated heterocycles. The molecule has 102 valence electrons. The predicted molar refractivity (Wildman–Crippen MR) is 64.4 cm³/mol. The Balaban J connectivity index is 2.27. The largest absolute Gasteiger partial charge is 0.573 e. The molecule has 0 unspecified atom stereocenters. The van der Waals surface area contributed by atoms with Gasteiger partial charge in [-0.05, 0) is 30.3 Å². The summed E-state index contributed by atoms with van der Waals surface area (Å²) in [5, 5.41) is 8.76. The molecule has 0 aliphatic heterocycles. The van der Waals surface area contributed by atoms with E-state index in [-0.39, 0.29) is 11.5 Å². The maximum absolute atomic E-state index is 12.3. The SMILES string of the molecule is N#Cc1cccc(Oc2ccccc2OC(F)(F)F)c1. The first-order chi connectivity index (χ1) is 9.48. The highest BCUT2D eigenvalue weighted by atomic mass is 19.4. The van der Waals surface area contributed by atoms with E-state index in [1.54, 1.807) is 12.1 Å². The molecule has 0 aliphatic rings. The molecule has 0 fully saturated rings. The zero-order valence-corrected chi connectivity index (χ0v) is 10.0. The van der Waals surface area contributed by atoms with Crippen molar-refractivity contribution in [1.29, 1.82) is 5.26 Å². The molecule has 0 aliphatic carbocycles. The smallest absolute Gasteiger partial charge is 0.453 e. The van der Waals surface area contributed by atoms with Crippen LogP contribution in [0, 0.1) is 11.3 Å². The number of nitrogens with zero attached hydrogens (tertiary/aromatic N) is 1. The van der Waals surface area contributed by atoms with Crippen LogP contribution in [0.3, 0.4) is 0 Å². The fourth-order valence-electron chi connectivity index (χ4n) is 1.50. The molecular formula is C14H8F3NO2. The van der Waals surface area contributed by atoms with Crippen molar-refractivity contribution in [3.8, 4) is 23.3 Å². The number of hydrogen-bond donors (Lipinski definition) is 0. The predicted octanol–water partition coefficient (Wildman–Crippen LogP) is 4.25. The fourth-order valence-corrected chi connectivity index (χ4v) is 1.50. The van der Waals surface area contributed by atoms with Crippen molar-refractivity contribution in [1.82, 2.24) is 0 Å². The van der Waals surface area contributed by atoms with E-state index in [4.69, 9.17) is 10.00 Å². The van der Waals surface area contributed by atoms with E-state index in [0.717, 1.165) is 6.07 Å². The van der Waals surface area contributed by atoms with Crippen molar-refractivity contribution >= 4 is 0 Å². The van der Waals surface area contributed by atoms with Crippen molar-refractivity contribution in [2.75, 3.05) is 0 Å². The minimum absolute atomic E-state index is 0.0834. The van der Waals surface area contributed by atoms with E-state index in [2.05, 4.69) is 4.74 Å². The van der Waals surface area contributed by atoms with Crippen LogP contribution in [0.15, 0.2) is 48.5 Å². The normalized spacial score (nSPS) is 10.7. The number of alkyl halides is 3. The molecule has 2 aromatic rings. The second-order valence-corrected chi connectivity index (χ2v) is 3.74. The highest BCUT2D eigenvalue weighted by Crippen LogP contribution is 2.34. The molecule has 0 N–H and O–H groups in total. The molecule has 0 bridgehead atoms. The summed E-state index contributed by atoms with van der Waals surface area (Å²) < 4.78 is 46.0. The molecule has 0 heterocycles. The monoisotopic (exact) mass is 279 g/mol. The van der Waals surface area contributed by atoms with Crippen LogP contribution in [-0.2, 0) is 0 Å². The second-order valence-electron chi connectivity index (χ2n) is 3.74. The van der Waals surface area contributed by atoms with Gasteiger partial charge in [0.15, 0.2) is 11.5 Å². The van der Waals surface area contributed by atoms with Crippen LogP contribution in [0.25, 0.3) is 0 Å². The number of hydrogen-bond acceptors (Lipinski definition) is 3. The topological polar surface area (TPSA) is 42.2 Å². The maximum Gasteiger partial charge on any atom is 0.573 e. The standard InChI is InChI=1S/C14H8F3NO2/c15-14(16,17)20-13-7-2-1-6-12(13)19-11-5-3-4-10(8-11)9-18/h1-8H. The van der Waals surface area contributed by atoms with Gasteiger partial charge < -0.3 is 9.47 Å². The lowest BCUT2D eigenvalue weighted by atomic mass is 10.2. The quantitative estimate of drug-likeness (QED) is 0.843. The lowest BCUT2D eigenvalue weighted by Crippen LogP contribution is -2.17. The third-order valence-corrected chi connectivity index (χ3v) is 2.27. The summed E-state index contributed by atoms with van der Waals surface area (Å²) in [5.74, 6) is -0.274. The zero-order valence-electron chi connectivity index (χ0n) is 10.0. The number of rotatable bonds is 3. The average Bonchev–Trinajstić information content (AvgIpc) is 2.40. The van der Waals surface area contributed by atoms with Crippen molar-refractivity contribution < 1.29 is 22.6 Å². The highest BCUT2D eigenvalue weighted by Gasteiger charge is 2.32. The van der Waals surface area contributed by atoms with Gasteiger partial charge in [0.2, 0.25) is 0 Å². The molecule has 6 heteroatoms. The summed E-state index contributed by atoms with van der Waals surface area (Å²) in [6.45, 7) is 0. The average molecular weight is 279 g/mol. The third-order valence-electron chi connectivity index (χ3n) is 2.27. The molecule has 0 spiro atoms. The summed E-state index contributed by atoms with van der Waals surface area (Å²) >= 11 is 0. The Morgan fingerprint density at radius 3 is 2.30 bits per heavy atom. The van der Waals surface area contributed by atoms with Crippen molar-refractivity contribution in [2.24, 2.45) is 0 Å². The van der Waals surface area contributed by atoms with E-state index < -0.39 is 12.1 Å². The minimum Gasteiger partial charge on any atom is -0.453 e. The molecule has 0 saturated carbocycles. The number of benzene rings is 2. The molecule has 20 heavy (non-hydrogen) atoms. The number of halogens is 3. The number of nitriles is 1. The first-order valence-corrected chi connectivity index (χ1v) is 5.51. The van der Waals surface area contributed by atoms with Gasteiger partial charge in [-0.1, -0.05) is 18.2 Å². The Labute approximate surface area is 112 Å². The van der Waals surface area contributed by atoms with Gasteiger partial charge in [-0.2, -0.15) is 5.26 Å². The fraction of sp³-hybridized carbons (Fsp3) is 0.0714. The van der Waals surface area contributed by atoms with Crippen LogP contribution >= 0.6 is 0 Å². The molecular weight excluding hydrogens is 271 g/mol. The summed E-state index contributed by atoms with van der Waals surface area (Å²) in [5.41, 5.74) is 0.344. The Bertz CT molecular complexity index is 647. The van der Waals surface area contributed by atoms with Crippen LogP contribution in [0.2, 0.25) is 0 Å². The second kappa shape index (κ2) is 5.53. The summed E-state index contributed by atoms with van der Waals surface area (Å²) in [4.78, 5) is 0. The lowest BCUT2D eigenvalue weighted by Gasteiger charge is -2.13. The van der Waals surface area contributed by atoms with Crippen molar-refractivity contribution in [2.45, 2.75) is 6.36 Å². The van der Waals surface area contributed by atoms with Crippen LogP contribution in [-0.4, -0.2) is 6.36 Å². The highest BCUT2D eigenvalue weighted by molar-refractivity contribution is 5.44. The Kier molecular flexibility index (Phi) is 3.80. The van der Waals surface area contributed by atoms with Gasteiger partial charge in [0, 0.05) is 0 Å². The number of para-hydroxylation sites is 2. The van der Waals surface area contributed by atoms with Crippen LogP contribution < -0.4 is 9.47 Å². The van der Waals surface area contributed by atoms with Crippen molar-refractivity contribution in [3.63, 3.8) is 0 Å². The van der Waals surface area contributed by atoms with Gasteiger partial charge in [-0.3, -0.25) is 0 Å². The van der Waals surface area contributed by atoms with Gasteiger partial charge in [0.25, 0.3) is 0 Å². The van der Waals surface area contributed by atoms with Gasteiger partial charge in [0.05, 0.1) is 11.6 Å². The van der Waals surface area contributed by atoms with Gasteiger partial charge in [-0.25, -0.2) is 0 Å². The van der Waals surface area contributed by atoms with Gasteiger partial charge in [-0.15, -0.1) is 13.2 Å². The minimum atomic E-state index is -4.80. The molecule has 0 amide bonds. The van der Waals surface area contributed by atoms with E-state index in [9.17, 15) is 13.2 Å². The zero-order chi connectivity index (χ0) is 14.6. The molecule has 0 aromatic heterocycles. The third kappa shape index (κ3) is 3.65. The van der Waals surface area contributed by atoms with Crippen LogP contribution in [0.5, 0.6) is 17.2 Å². The summed E-state index contributed by atoms with van der Waals surface area (Å²) in [7, 11) is 0. The van der Waals surface area contributed by atoms with Gasteiger partial charge >= 0.3 is 6.36 Å². The Hall–Kier alpha value is -2.68. The first kappa shape index (κ1) is 13.7. The molecule has 2 rings (SSSR count). The van der Waals surface area contributed by atoms with Crippen LogP contribution in [0.4, 0.5) is 13.2 Å². The molecule has 0 radical (unpaired) electrons. The van der Waals surface area contributed by atoms with Crippen molar-refractivity contribution in [3.05, 3.63) is 54.1 Å². The molecule has 0 atom stereocenters. The van der Waals surface area contributed by atoms with E-state index in [0.29, 0.717) is 5.56 Å². The Morgan fingerprint density at radius 1 is 0.950 bits per heavy atom. The lowest BCUT2D eigenvalue weighted by molar-refractivity contribution is -0.275. The number of ether oxygens (including phenoxy) is 2. The van der Waals surface area contributed by atoms with Crippen LogP contribution in [0.1, 0.15) is 5.56 Å². The maximum atomic E-state index is 12.3. The molecule has 3 nitrogen and oxygen atoms in total. The Morgan fingerprint density at radius 2 is 1.65 bits per heavy atom. The summed E-state index contributed by atoms with van der Waals surface area (Å²) in [6.07, 6.45) is -4.80. The first-order valence-electron chi connectivity index (χ1n) is 5.51. The van der Waals surface area contributed by atoms with E-state index in [1.165, 1.54) is 30.3 Å². The summed E-state index contributed by atoms with van der Waals surface area (Å²) in [6, 6.07) is 13.4. The van der Waals surface area contributed by atoms with Gasteiger partial charge in [0.1, 0.15) is 5.75 Å². The van der Waals surface area contributed by atoms with E-state index >= 15 is 0 Å². The van der Waals surface area contributed by atoms with E-state index in [1.807, 2.05) is 6.07 Å².